The zero-order valence-corrected chi connectivity index (χ0v) is 15.1. The van der Waals surface area contributed by atoms with E-state index in [-0.39, 0.29) is 5.91 Å². The number of pyridine rings is 1. The van der Waals surface area contributed by atoms with Crippen LogP contribution in [0, 0.1) is 13.8 Å². The monoisotopic (exact) mass is 345 g/mol. The number of hydrogen-bond donors (Lipinski definition) is 2. The minimum atomic E-state index is -0.154. The lowest BCUT2D eigenvalue weighted by Crippen LogP contribution is -2.26. The van der Waals surface area contributed by atoms with Gasteiger partial charge in [-0.1, -0.05) is 36.4 Å². The fourth-order valence-electron chi connectivity index (χ4n) is 2.64. The molecular weight excluding hydrogens is 322 g/mol. The number of benzene rings is 2. The molecule has 0 saturated heterocycles. The minimum absolute atomic E-state index is 0.154. The van der Waals surface area contributed by atoms with Crippen LogP contribution in [0.1, 0.15) is 27.2 Å². The zero-order chi connectivity index (χ0) is 18.4. The molecule has 2 aromatic carbocycles. The van der Waals surface area contributed by atoms with Crippen LogP contribution >= 0.6 is 0 Å². The number of anilines is 2. The Balaban J connectivity index is 1.54. The van der Waals surface area contributed by atoms with E-state index in [2.05, 4.69) is 53.7 Å². The summed E-state index contributed by atoms with van der Waals surface area (Å²) in [5.74, 6) is -0.154. The Bertz CT molecular complexity index is 874. The maximum atomic E-state index is 12.2. The van der Waals surface area contributed by atoms with Crippen molar-refractivity contribution in [3.8, 4) is 0 Å². The van der Waals surface area contributed by atoms with Crippen LogP contribution in [0.15, 0.2) is 66.9 Å². The third-order valence-corrected chi connectivity index (χ3v) is 4.33. The number of aromatic nitrogens is 1. The summed E-state index contributed by atoms with van der Waals surface area (Å²) < 4.78 is 0. The van der Waals surface area contributed by atoms with Gasteiger partial charge in [-0.15, -0.1) is 0 Å². The predicted octanol–water partition coefficient (Wildman–Crippen LogP) is 4.41. The highest BCUT2D eigenvalue weighted by Gasteiger charge is 2.07. The number of carbonyl (C=O) groups excluding carboxylic acids is 1. The lowest BCUT2D eigenvalue weighted by molar-refractivity contribution is 0.0949. The smallest absolute Gasteiger partial charge is 0.269 e. The van der Waals surface area contributed by atoms with Crippen LogP contribution < -0.4 is 10.6 Å². The SMILES string of the molecule is Cc1ccc(Nc2ccc(C(=O)NCCc3ccccc3)nc2)cc1C. The van der Waals surface area contributed by atoms with Crippen molar-refractivity contribution in [1.82, 2.24) is 10.3 Å². The number of amides is 1. The molecule has 0 fully saturated rings. The molecule has 0 spiro atoms. The Morgan fingerprint density at radius 2 is 1.69 bits per heavy atom. The van der Waals surface area contributed by atoms with Gasteiger partial charge in [-0.3, -0.25) is 4.79 Å². The Morgan fingerprint density at radius 1 is 0.923 bits per heavy atom. The highest BCUT2D eigenvalue weighted by atomic mass is 16.1. The Morgan fingerprint density at radius 3 is 2.38 bits per heavy atom. The number of nitrogens with one attached hydrogen (secondary N) is 2. The minimum Gasteiger partial charge on any atom is -0.354 e. The topological polar surface area (TPSA) is 54.0 Å². The average Bonchev–Trinajstić information content (AvgIpc) is 2.66. The second kappa shape index (κ2) is 8.30. The lowest BCUT2D eigenvalue weighted by atomic mass is 10.1. The molecule has 1 heterocycles. The molecular formula is C22H23N3O. The molecule has 0 atom stereocenters. The third-order valence-electron chi connectivity index (χ3n) is 4.33. The summed E-state index contributed by atoms with van der Waals surface area (Å²) in [6.07, 6.45) is 2.49. The largest absolute Gasteiger partial charge is 0.354 e. The van der Waals surface area contributed by atoms with Gasteiger partial charge in [0.2, 0.25) is 0 Å². The van der Waals surface area contributed by atoms with Gasteiger partial charge in [0.15, 0.2) is 0 Å². The summed E-state index contributed by atoms with van der Waals surface area (Å²) >= 11 is 0. The van der Waals surface area contributed by atoms with E-state index >= 15 is 0 Å². The van der Waals surface area contributed by atoms with Crippen LogP contribution in [0.3, 0.4) is 0 Å². The molecule has 132 valence electrons. The first-order valence-electron chi connectivity index (χ1n) is 8.74. The third kappa shape index (κ3) is 4.70. The van der Waals surface area contributed by atoms with Crippen molar-refractivity contribution in [2.75, 3.05) is 11.9 Å². The van der Waals surface area contributed by atoms with Crippen molar-refractivity contribution in [1.29, 1.82) is 0 Å². The van der Waals surface area contributed by atoms with Gasteiger partial charge in [-0.05, 0) is 61.2 Å². The second-order valence-corrected chi connectivity index (χ2v) is 6.35. The molecule has 26 heavy (non-hydrogen) atoms. The lowest BCUT2D eigenvalue weighted by Gasteiger charge is -2.09. The predicted molar refractivity (Wildman–Crippen MR) is 106 cm³/mol. The summed E-state index contributed by atoms with van der Waals surface area (Å²) in [5.41, 5.74) is 5.98. The number of carbonyl (C=O) groups is 1. The highest BCUT2D eigenvalue weighted by Crippen LogP contribution is 2.19. The van der Waals surface area contributed by atoms with Crippen LogP contribution in [0.4, 0.5) is 11.4 Å². The number of rotatable bonds is 6. The van der Waals surface area contributed by atoms with Gasteiger partial charge in [0.05, 0.1) is 11.9 Å². The Labute approximate surface area is 154 Å². The van der Waals surface area contributed by atoms with E-state index in [9.17, 15) is 4.79 Å². The van der Waals surface area contributed by atoms with Gasteiger partial charge in [0, 0.05) is 12.2 Å². The molecule has 3 aromatic rings. The summed E-state index contributed by atoms with van der Waals surface area (Å²) in [6.45, 7) is 4.76. The first kappa shape index (κ1) is 17.7. The first-order valence-corrected chi connectivity index (χ1v) is 8.74. The van der Waals surface area contributed by atoms with Gasteiger partial charge in [-0.2, -0.15) is 0 Å². The molecule has 0 unspecified atom stereocenters. The van der Waals surface area contributed by atoms with Gasteiger partial charge >= 0.3 is 0 Å². The summed E-state index contributed by atoms with van der Waals surface area (Å²) in [7, 11) is 0. The van der Waals surface area contributed by atoms with Gasteiger partial charge in [-0.25, -0.2) is 4.98 Å². The molecule has 0 aliphatic rings. The van der Waals surface area contributed by atoms with E-state index in [1.165, 1.54) is 16.7 Å². The molecule has 1 amide bonds. The van der Waals surface area contributed by atoms with Crippen molar-refractivity contribution in [3.05, 3.63) is 89.2 Å². The van der Waals surface area contributed by atoms with E-state index < -0.39 is 0 Å². The van der Waals surface area contributed by atoms with Crippen LogP contribution in [0.25, 0.3) is 0 Å². The van der Waals surface area contributed by atoms with E-state index in [0.717, 1.165) is 17.8 Å². The Hall–Kier alpha value is -3.14. The molecule has 4 nitrogen and oxygen atoms in total. The number of hydrogen-bond acceptors (Lipinski definition) is 3. The van der Waals surface area contributed by atoms with E-state index in [1.54, 1.807) is 12.3 Å². The number of aryl methyl sites for hydroxylation is 2. The van der Waals surface area contributed by atoms with Gasteiger partial charge < -0.3 is 10.6 Å². The zero-order valence-electron chi connectivity index (χ0n) is 15.1. The van der Waals surface area contributed by atoms with Crippen LogP contribution in [-0.2, 0) is 6.42 Å². The molecule has 0 aliphatic heterocycles. The average molecular weight is 345 g/mol. The van der Waals surface area contributed by atoms with Gasteiger partial charge in [0.25, 0.3) is 5.91 Å². The molecule has 0 saturated carbocycles. The molecule has 4 heteroatoms. The molecule has 3 rings (SSSR count). The Kier molecular flexibility index (Phi) is 5.64. The molecule has 0 radical (unpaired) electrons. The first-order chi connectivity index (χ1) is 12.6. The van der Waals surface area contributed by atoms with Crippen molar-refractivity contribution in [3.63, 3.8) is 0 Å². The second-order valence-electron chi connectivity index (χ2n) is 6.35. The molecule has 0 bridgehead atoms. The van der Waals surface area contributed by atoms with E-state index in [1.807, 2.05) is 30.3 Å². The van der Waals surface area contributed by atoms with E-state index in [4.69, 9.17) is 0 Å². The van der Waals surface area contributed by atoms with Crippen molar-refractivity contribution in [2.45, 2.75) is 20.3 Å². The van der Waals surface area contributed by atoms with E-state index in [0.29, 0.717) is 12.2 Å². The maximum Gasteiger partial charge on any atom is 0.269 e. The quantitative estimate of drug-likeness (QED) is 0.695. The van der Waals surface area contributed by atoms with Crippen LogP contribution in [0.2, 0.25) is 0 Å². The molecule has 2 N–H and O–H groups in total. The fraction of sp³-hybridized carbons (Fsp3) is 0.182. The van der Waals surface area contributed by atoms with Crippen LogP contribution in [-0.4, -0.2) is 17.4 Å². The van der Waals surface area contributed by atoms with Crippen molar-refractivity contribution in [2.24, 2.45) is 0 Å². The van der Waals surface area contributed by atoms with Crippen LogP contribution in [0.5, 0.6) is 0 Å². The molecule has 0 aliphatic carbocycles. The summed E-state index contributed by atoms with van der Waals surface area (Å²) in [4.78, 5) is 16.5. The summed E-state index contributed by atoms with van der Waals surface area (Å²) in [5, 5.41) is 6.22. The van der Waals surface area contributed by atoms with Gasteiger partial charge in [0.1, 0.15) is 5.69 Å². The fourth-order valence-corrected chi connectivity index (χ4v) is 2.64. The standard InChI is InChI=1S/C22H23N3O/c1-16-8-9-19(14-17(16)2)25-20-10-11-21(24-15-20)22(26)23-13-12-18-6-4-3-5-7-18/h3-11,14-15,25H,12-13H2,1-2H3,(H,23,26). The number of nitrogens with zero attached hydrogens (tertiary/aromatic N) is 1. The molecule has 1 aromatic heterocycles. The normalized spacial score (nSPS) is 10.4. The highest BCUT2D eigenvalue weighted by molar-refractivity contribution is 5.92. The van der Waals surface area contributed by atoms with Crippen molar-refractivity contribution < 1.29 is 4.79 Å². The summed E-state index contributed by atoms with van der Waals surface area (Å²) in [6, 6.07) is 19.9. The van der Waals surface area contributed by atoms with Crippen molar-refractivity contribution >= 4 is 17.3 Å². The maximum absolute atomic E-state index is 12.2.